The quantitative estimate of drug-likeness (QED) is 0.459. The van der Waals surface area contributed by atoms with Gasteiger partial charge in [0.1, 0.15) is 5.76 Å². The summed E-state index contributed by atoms with van der Waals surface area (Å²) in [5.74, 6) is 0.954. The highest BCUT2D eigenvalue weighted by molar-refractivity contribution is 5.34. The molecule has 0 bridgehead atoms. The molecule has 0 aromatic rings. The van der Waals surface area contributed by atoms with Crippen LogP contribution in [-0.4, -0.2) is 7.11 Å². The van der Waals surface area contributed by atoms with E-state index in [-0.39, 0.29) is 0 Å². The molecule has 0 aromatic carbocycles. The zero-order valence-electron chi connectivity index (χ0n) is 8.48. The number of hydrogen-bond donors (Lipinski definition) is 0. The fourth-order valence-corrected chi connectivity index (χ4v) is 1.19. The lowest BCUT2D eigenvalue weighted by Crippen LogP contribution is -1.93. The Morgan fingerprint density at radius 3 is 2.33 bits per heavy atom. The van der Waals surface area contributed by atoms with Crippen molar-refractivity contribution < 1.29 is 4.74 Å². The van der Waals surface area contributed by atoms with Gasteiger partial charge in [0, 0.05) is 0 Å². The molecular formula is C11H18O. The molecule has 0 aliphatic carbocycles. The van der Waals surface area contributed by atoms with Gasteiger partial charge in [0.05, 0.1) is 7.11 Å². The van der Waals surface area contributed by atoms with Gasteiger partial charge in [-0.15, -0.1) is 0 Å². The summed E-state index contributed by atoms with van der Waals surface area (Å²) in [6.07, 6.45) is 4.82. The Labute approximate surface area is 75.4 Å². The van der Waals surface area contributed by atoms with Gasteiger partial charge in [0.25, 0.3) is 0 Å². The Balaban J connectivity index is 4.89. The van der Waals surface area contributed by atoms with Gasteiger partial charge in [-0.05, 0) is 37.5 Å². The van der Waals surface area contributed by atoms with Crippen LogP contribution in [-0.2, 0) is 4.74 Å². The maximum Gasteiger partial charge on any atom is 0.118 e. The number of allylic oxidation sites excluding steroid dienone is 4. The van der Waals surface area contributed by atoms with Gasteiger partial charge >= 0.3 is 0 Å². The standard InChI is InChI=1S/C11H18O/c1-6-9(4)10(7-2)11(8-3)12-5/h6,8H,1,7H2,2-5H3/b10-9-,11-8+. The maximum atomic E-state index is 5.23. The Hall–Kier alpha value is -0.980. The summed E-state index contributed by atoms with van der Waals surface area (Å²) in [6, 6.07) is 0. The first kappa shape index (κ1) is 11.0. The van der Waals surface area contributed by atoms with Gasteiger partial charge in [-0.3, -0.25) is 0 Å². The van der Waals surface area contributed by atoms with E-state index in [1.54, 1.807) is 7.11 Å². The van der Waals surface area contributed by atoms with Crippen LogP contribution < -0.4 is 0 Å². The van der Waals surface area contributed by atoms with Gasteiger partial charge in [0.2, 0.25) is 0 Å². The number of ether oxygens (including phenoxy) is 1. The smallest absolute Gasteiger partial charge is 0.118 e. The first-order chi connectivity index (χ1) is 5.71. The van der Waals surface area contributed by atoms with Crippen molar-refractivity contribution >= 4 is 0 Å². The predicted molar refractivity (Wildman–Crippen MR) is 54.0 cm³/mol. The third kappa shape index (κ3) is 2.57. The molecule has 0 amide bonds. The molecule has 0 heterocycles. The molecule has 0 saturated heterocycles. The molecule has 0 N–H and O–H groups in total. The third-order valence-corrected chi connectivity index (χ3v) is 1.92. The van der Waals surface area contributed by atoms with Crippen LogP contribution in [0.3, 0.4) is 0 Å². The van der Waals surface area contributed by atoms with Crippen LogP contribution in [0.4, 0.5) is 0 Å². The Morgan fingerprint density at radius 2 is 2.08 bits per heavy atom. The molecule has 0 saturated carbocycles. The van der Waals surface area contributed by atoms with Gasteiger partial charge < -0.3 is 4.74 Å². The first-order valence-electron chi connectivity index (χ1n) is 4.24. The van der Waals surface area contributed by atoms with Gasteiger partial charge in [-0.1, -0.05) is 19.6 Å². The molecule has 0 aliphatic heterocycles. The molecule has 12 heavy (non-hydrogen) atoms. The zero-order valence-corrected chi connectivity index (χ0v) is 8.48. The predicted octanol–water partition coefficient (Wildman–Crippen LogP) is 3.45. The molecule has 0 fully saturated rings. The Kier molecular flexibility index (Phi) is 5.18. The fraction of sp³-hybridized carbons (Fsp3) is 0.455. The highest BCUT2D eigenvalue weighted by Crippen LogP contribution is 2.19. The van der Waals surface area contributed by atoms with Crippen molar-refractivity contribution in [3.63, 3.8) is 0 Å². The van der Waals surface area contributed by atoms with Crippen molar-refractivity contribution in [2.45, 2.75) is 27.2 Å². The molecule has 0 radical (unpaired) electrons. The summed E-state index contributed by atoms with van der Waals surface area (Å²) in [4.78, 5) is 0. The van der Waals surface area contributed by atoms with Crippen LogP contribution in [0.15, 0.2) is 35.6 Å². The molecule has 1 nitrogen and oxygen atoms in total. The monoisotopic (exact) mass is 166 g/mol. The van der Waals surface area contributed by atoms with Crippen LogP contribution in [0, 0.1) is 0 Å². The zero-order chi connectivity index (χ0) is 9.56. The van der Waals surface area contributed by atoms with E-state index in [1.165, 1.54) is 11.1 Å². The van der Waals surface area contributed by atoms with Crippen molar-refractivity contribution in [3.05, 3.63) is 35.6 Å². The minimum absolute atomic E-state index is 0.954. The number of hydrogen-bond acceptors (Lipinski definition) is 1. The van der Waals surface area contributed by atoms with Crippen LogP contribution in [0.2, 0.25) is 0 Å². The summed E-state index contributed by atoms with van der Waals surface area (Å²) in [7, 11) is 1.70. The minimum Gasteiger partial charge on any atom is -0.497 e. The van der Waals surface area contributed by atoms with E-state index in [1.807, 2.05) is 26.0 Å². The van der Waals surface area contributed by atoms with Crippen LogP contribution >= 0.6 is 0 Å². The van der Waals surface area contributed by atoms with E-state index in [9.17, 15) is 0 Å². The number of methoxy groups -OCH3 is 1. The van der Waals surface area contributed by atoms with Crippen LogP contribution in [0.25, 0.3) is 0 Å². The highest BCUT2D eigenvalue weighted by Gasteiger charge is 2.03. The van der Waals surface area contributed by atoms with E-state index in [4.69, 9.17) is 4.74 Å². The topological polar surface area (TPSA) is 9.23 Å². The summed E-state index contributed by atoms with van der Waals surface area (Å²) in [5, 5.41) is 0. The lowest BCUT2D eigenvalue weighted by Gasteiger charge is -2.10. The molecule has 0 atom stereocenters. The van der Waals surface area contributed by atoms with E-state index in [0.717, 1.165) is 12.2 Å². The molecule has 0 spiro atoms. The SMILES string of the molecule is C=C/C(C)=C(CC)\C(=C/C)OC. The Bertz CT molecular complexity index is 209. The number of rotatable bonds is 4. The molecule has 68 valence electrons. The lowest BCUT2D eigenvalue weighted by atomic mass is 10.0. The second-order valence-corrected chi connectivity index (χ2v) is 2.58. The van der Waals surface area contributed by atoms with Gasteiger partial charge in [0.15, 0.2) is 0 Å². The summed E-state index contributed by atoms with van der Waals surface area (Å²) in [6.45, 7) is 9.88. The molecule has 1 heteroatoms. The van der Waals surface area contributed by atoms with E-state index >= 15 is 0 Å². The van der Waals surface area contributed by atoms with Gasteiger partial charge in [-0.25, -0.2) is 0 Å². The van der Waals surface area contributed by atoms with Crippen molar-refractivity contribution in [3.8, 4) is 0 Å². The van der Waals surface area contributed by atoms with E-state index in [2.05, 4.69) is 13.5 Å². The maximum absolute atomic E-state index is 5.23. The summed E-state index contributed by atoms with van der Waals surface area (Å²) < 4.78 is 5.23. The Morgan fingerprint density at radius 1 is 1.50 bits per heavy atom. The normalized spacial score (nSPS) is 13.8. The third-order valence-electron chi connectivity index (χ3n) is 1.92. The van der Waals surface area contributed by atoms with E-state index in [0.29, 0.717) is 0 Å². The van der Waals surface area contributed by atoms with Gasteiger partial charge in [-0.2, -0.15) is 0 Å². The molecular weight excluding hydrogens is 148 g/mol. The summed E-state index contributed by atoms with van der Waals surface area (Å²) in [5.41, 5.74) is 2.42. The van der Waals surface area contributed by atoms with Crippen LogP contribution in [0.1, 0.15) is 27.2 Å². The first-order valence-corrected chi connectivity index (χ1v) is 4.24. The second kappa shape index (κ2) is 5.64. The average Bonchev–Trinajstić information content (AvgIpc) is 2.12. The van der Waals surface area contributed by atoms with E-state index < -0.39 is 0 Å². The molecule has 0 aliphatic rings. The largest absolute Gasteiger partial charge is 0.497 e. The van der Waals surface area contributed by atoms with Crippen molar-refractivity contribution in [1.29, 1.82) is 0 Å². The summed E-state index contributed by atoms with van der Waals surface area (Å²) >= 11 is 0. The van der Waals surface area contributed by atoms with Crippen molar-refractivity contribution in [2.75, 3.05) is 7.11 Å². The second-order valence-electron chi connectivity index (χ2n) is 2.58. The molecule has 0 rings (SSSR count). The minimum atomic E-state index is 0.954. The fourth-order valence-electron chi connectivity index (χ4n) is 1.19. The highest BCUT2D eigenvalue weighted by atomic mass is 16.5. The average molecular weight is 166 g/mol. The van der Waals surface area contributed by atoms with Crippen LogP contribution in [0.5, 0.6) is 0 Å². The molecule has 0 aromatic heterocycles. The lowest BCUT2D eigenvalue weighted by molar-refractivity contribution is 0.297. The van der Waals surface area contributed by atoms with Crippen molar-refractivity contribution in [1.82, 2.24) is 0 Å². The van der Waals surface area contributed by atoms with Crippen molar-refractivity contribution in [2.24, 2.45) is 0 Å². The molecule has 0 unspecified atom stereocenters.